The standard InChI is InChI=1S/C19H21FN2O2/c20-15-5-3-14(4-6-15)12-19(23)22-17-9-7-16(8-10-17)21-13-18-2-1-11-24-18/h3-10,18,21H,1-2,11-13H2,(H,22,23). The van der Waals surface area contributed by atoms with E-state index in [0.717, 1.165) is 42.9 Å². The van der Waals surface area contributed by atoms with Crippen LogP contribution in [-0.2, 0) is 16.0 Å². The SMILES string of the molecule is O=C(Cc1ccc(F)cc1)Nc1ccc(NCC2CCCO2)cc1. The maximum absolute atomic E-state index is 12.9. The first-order valence-corrected chi connectivity index (χ1v) is 8.19. The van der Waals surface area contributed by atoms with Gasteiger partial charge in [-0.05, 0) is 54.8 Å². The lowest BCUT2D eigenvalue weighted by molar-refractivity contribution is -0.115. The third-order valence-electron chi connectivity index (χ3n) is 4.00. The highest BCUT2D eigenvalue weighted by Crippen LogP contribution is 2.16. The fraction of sp³-hybridized carbons (Fsp3) is 0.316. The molecule has 1 atom stereocenters. The van der Waals surface area contributed by atoms with Crippen molar-refractivity contribution in [2.24, 2.45) is 0 Å². The van der Waals surface area contributed by atoms with E-state index in [1.165, 1.54) is 12.1 Å². The number of carbonyl (C=O) groups is 1. The number of ether oxygens (including phenoxy) is 1. The van der Waals surface area contributed by atoms with Crippen LogP contribution in [-0.4, -0.2) is 25.2 Å². The van der Waals surface area contributed by atoms with Crippen LogP contribution in [0.5, 0.6) is 0 Å². The third kappa shape index (κ3) is 4.80. The molecule has 0 radical (unpaired) electrons. The van der Waals surface area contributed by atoms with Crippen molar-refractivity contribution in [3.8, 4) is 0 Å². The second kappa shape index (κ2) is 7.93. The summed E-state index contributed by atoms with van der Waals surface area (Å²) >= 11 is 0. The summed E-state index contributed by atoms with van der Waals surface area (Å²) in [6.45, 7) is 1.65. The molecule has 5 heteroatoms. The van der Waals surface area contributed by atoms with Crippen molar-refractivity contribution in [3.63, 3.8) is 0 Å². The van der Waals surface area contributed by atoms with Crippen molar-refractivity contribution < 1.29 is 13.9 Å². The van der Waals surface area contributed by atoms with E-state index in [4.69, 9.17) is 4.74 Å². The summed E-state index contributed by atoms with van der Waals surface area (Å²) in [7, 11) is 0. The number of anilines is 2. The number of carbonyl (C=O) groups excluding carboxylic acids is 1. The van der Waals surface area contributed by atoms with Crippen LogP contribution in [0.4, 0.5) is 15.8 Å². The number of amides is 1. The van der Waals surface area contributed by atoms with Gasteiger partial charge >= 0.3 is 0 Å². The molecule has 1 fully saturated rings. The normalized spacial score (nSPS) is 16.8. The van der Waals surface area contributed by atoms with Crippen LogP contribution in [0.1, 0.15) is 18.4 Å². The summed E-state index contributed by atoms with van der Waals surface area (Å²) in [5.41, 5.74) is 2.52. The van der Waals surface area contributed by atoms with Crippen LogP contribution >= 0.6 is 0 Å². The molecule has 0 saturated carbocycles. The van der Waals surface area contributed by atoms with Gasteiger partial charge in [-0.15, -0.1) is 0 Å². The quantitative estimate of drug-likeness (QED) is 0.852. The van der Waals surface area contributed by atoms with Gasteiger partial charge in [-0.3, -0.25) is 4.79 Å². The van der Waals surface area contributed by atoms with Gasteiger partial charge in [0.15, 0.2) is 0 Å². The Balaban J connectivity index is 1.47. The minimum Gasteiger partial charge on any atom is -0.382 e. The Bertz CT molecular complexity index is 665. The fourth-order valence-corrected chi connectivity index (χ4v) is 2.70. The van der Waals surface area contributed by atoms with Crippen molar-refractivity contribution in [1.82, 2.24) is 0 Å². The molecule has 0 aliphatic carbocycles. The molecule has 1 saturated heterocycles. The molecular weight excluding hydrogens is 307 g/mol. The molecule has 2 aromatic carbocycles. The molecule has 3 rings (SSSR count). The smallest absolute Gasteiger partial charge is 0.228 e. The maximum atomic E-state index is 12.9. The molecular formula is C19H21FN2O2. The van der Waals surface area contributed by atoms with Gasteiger partial charge in [0, 0.05) is 24.5 Å². The zero-order chi connectivity index (χ0) is 16.8. The molecule has 2 N–H and O–H groups in total. The Morgan fingerprint density at radius 3 is 2.46 bits per heavy atom. The number of halogens is 1. The predicted octanol–water partition coefficient (Wildman–Crippen LogP) is 3.60. The summed E-state index contributed by atoms with van der Waals surface area (Å²) in [6, 6.07) is 13.5. The van der Waals surface area contributed by atoms with Crippen molar-refractivity contribution in [2.75, 3.05) is 23.8 Å². The van der Waals surface area contributed by atoms with Crippen LogP contribution in [0.15, 0.2) is 48.5 Å². The number of rotatable bonds is 6. The van der Waals surface area contributed by atoms with Crippen molar-refractivity contribution in [3.05, 3.63) is 59.9 Å². The van der Waals surface area contributed by atoms with E-state index in [2.05, 4.69) is 10.6 Å². The molecule has 0 bridgehead atoms. The highest BCUT2D eigenvalue weighted by molar-refractivity contribution is 5.92. The molecule has 1 heterocycles. The topological polar surface area (TPSA) is 50.4 Å². The van der Waals surface area contributed by atoms with Crippen LogP contribution in [0.3, 0.4) is 0 Å². The molecule has 0 spiro atoms. The van der Waals surface area contributed by atoms with Gasteiger partial charge < -0.3 is 15.4 Å². The van der Waals surface area contributed by atoms with E-state index >= 15 is 0 Å². The lowest BCUT2D eigenvalue weighted by Gasteiger charge is -2.12. The summed E-state index contributed by atoms with van der Waals surface area (Å²) in [5.74, 6) is -0.424. The Labute approximate surface area is 141 Å². The Kier molecular flexibility index (Phi) is 5.43. The largest absolute Gasteiger partial charge is 0.382 e. The molecule has 1 unspecified atom stereocenters. The van der Waals surface area contributed by atoms with Gasteiger partial charge in [-0.1, -0.05) is 12.1 Å². The van der Waals surface area contributed by atoms with Gasteiger partial charge in [0.1, 0.15) is 5.82 Å². The van der Waals surface area contributed by atoms with Crippen LogP contribution in [0, 0.1) is 5.82 Å². The van der Waals surface area contributed by atoms with E-state index in [0.29, 0.717) is 6.10 Å². The zero-order valence-electron chi connectivity index (χ0n) is 13.4. The van der Waals surface area contributed by atoms with Crippen LogP contribution in [0.25, 0.3) is 0 Å². The summed E-state index contributed by atoms with van der Waals surface area (Å²) in [4.78, 5) is 12.0. The Morgan fingerprint density at radius 2 is 1.79 bits per heavy atom. The second-order valence-corrected chi connectivity index (χ2v) is 5.94. The summed E-state index contributed by atoms with van der Waals surface area (Å²) in [6.07, 6.45) is 2.75. The number of nitrogens with one attached hydrogen (secondary N) is 2. The van der Waals surface area contributed by atoms with E-state index in [1.54, 1.807) is 12.1 Å². The van der Waals surface area contributed by atoms with E-state index in [-0.39, 0.29) is 18.1 Å². The molecule has 126 valence electrons. The van der Waals surface area contributed by atoms with Crippen LogP contribution in [0.2, 0.25) is 0 Å². The minimum atomic E-state index is -0.301. The monoisotopic (exact) mass is 328 g/mol. The first-order chi connectivity index (χ1) is 11.7. The Hall–Kier alpha value is -2.40. The predicted molar refractivity (Wildman–Crippen MR) is 92.6 cm³/mol. The van der Waals surface area contributed by atoms with Gasteiger partial charge in [-0.25, -0.2) is 4.39 Å². The van der Waals surface area contributed by atoms with Gasteiger partial charge in [0.2, 0.25) is 5.91 Å². The maximum Gasteiger partial charge on any atom is 0.228 e. The molecule has 2 aromatic rings. The highest BCUT2D eigenvalue weighted by Gasteiger charge is 2.14. The molecule has 1 amide bonds. The van der Waals surface area contributed by atoms with E-state index in [1.807, 2.05) is 24.3 Å². The molecule has 0 aromatic heterocycles. The van der Waals surface area contributed by atoms with Crippen molar-refractivity contribution in [2.45, 2.75) is 25.4 Å². The molecule has 4 nitrogen and oxygen atoms in total. The number of benzene rings is 2. The minimum absolute atomic E-state index is 0.123. The fourth-order valence-electron chi connectivity index (χ4n) is 2.70. The van der Waals surface area contributed by atoms with Gasteiger partial charge in [-0.2, -0.15) is 0 Å². The second-order valence-electron chi connectivity index (χ2n) is 5.94. The lowest BCUT2D eigenvalue weighted by atomic mass is 10.1. The number of hydrogen-bond donors (Lipinski definition) is 2. The lowest BCUT2D eigenvalue weighted by Crippen LogP contribution is -2.18. The first kappa shape index (κ1) is 16.5. The third-order valence-corrected chi connectivity index (χ3v) is 4.00. The van der Waals surface area contributed by atoms with Gasteiger partial charge in [0.05, 0.1) is 12.5 Å². The zero-order valence-corrected chi connectivity index (χ0v) is 13.4. The average Bonchev–Trinajstić information content (AvgIpc) is 3.10. The summed E-state index contributed by atoms with van der Waals surface area (Å²) < 4.78 is 18.4. The summed E-state index contributed by atoms with van der Waals surface area (Å²) in [5, 5.41) is 6.18. The molecule has 24 heavy (non-hydrogen) atoms. The van der Waals surface area contributed by atoms with E-state index in [9.17, 15) is 9.18 Å². The molecule has 1 aliphatic heterocycles. The average molecular weight is 328 g/mol. The van der Waals surface area contributed by atoms with Crippen molar-refractivity contribution in [1.29, 1.82) is 0 Å². The Morgan fingerprint density at radius 1 is 1.08 bits per heavy atom. The van der Waals surface area contributed by atoms with E-state index < -0.39 is 0 Å². The first-order valence-electron chi connectivity index (χ1n) is 8.19. The van der Waals surface area contributed by atoms with Crippen LogP contribution < -0.4 is 10.6 Å². The highest BCUT2D eigenvalue weighted by atomic mass is 19.1. The van der Waals surface area contributed by atoms with Crippen molar-refractivity contribution >= 4 is 17.3 Å². The molecule has 1 aliphatic rings. The number of hydrogen-bond acceptors (Lipinski definition) is 3. The van der Waals surface area contributed by atoms with Gasteiger partial charge in [0.25, 0.3) is 0 Å².